The first-order valence-corrected chi connectivity index (χ1v) is 15.5. The molecule has 4 rings (SSSR count). The number of sulfonamides is 1. The minimum atomic E-state index is -3.80. The lowest BCUT2D eigenvalue weighted by Crippen LogP contribution is -2.43. The number of hydrogen-bond acceptors (Lipinski definition) is 3. The summed E-state index contributed by atoms with van der Waals surface area (Å²) < 4.78 is 28.4. The molecule has 6 nitrogen and oxygen atoms in total. The summed E-state index contributed by atoms with van der Waals surface area (Å²) in [6.45, 7) is 9.56. The molecule has 0 atom stereocenters. The van der Waals surface area contributed by atoms with Gasteiger partial charge >= 0.3 is 0 Å². The minimum absolute atomic E-state index is 0.0367. The van der Waals surface area contributed by atoms with E-state index in [1.165, 1.54) is 9.87 Å². The summed E-state index contributed by atoms with van der Waals surface area (Å²) in [6, 6.07) is 24.9. The molecule has 0 unspecified atom stereocenters. The zero-order valence-corrected chi connectivity index (χ0v) is 24.9. The maximum atomic E-state index is 13.9. The molecular formula is C33H41N3O3S. The van der Waals surface area contributed by atoms with E-state index in [4.69, 9.17) is 0 Å². The third-order valence-corrected chi connectivity index (χ3v) is 9.19. The first kappa shape index (κ1) is 29.6. The molecule has 0 aliphatic carbocycles. The van der Waals surface area contributed by atoms with Gasteiger partial charge < -0.3 is 9.88 Å². The van der Waals surface area contributed by atoms with E-state index >= 15 is 0 Å². The van der Waals surface area contributed by atoms with Crippen LogP contribution in [0.25, 0.3) is 10.9 Å². The van der Waals surface area contributed by atoms with Crippen LogP contribution in [0, 0.1) is 0 Å². The van der Waals surface area contributed by atoms with E-state index in [1.807, 2.05) is 31.3 Å². The van der Waals surface area contributed by atoms with Crippen molar-refractivity contribution in [3.05, 3.63) is 102 Å². The van der Waals surface area contributed by atoms with Crippen molar-refractivity contribution in [3.63, 3.8) is 0 Å². The average Bonchev–Trinajstić information content (AvgIpc) is 3.36. The number of carbonyl (C=O) groups is 1. The lowest BCUT2D eigenvalue weighted by molar-refractivity contribution is -0.132. The summed E-state index contributed by atoms with van der Waals surface area (Å²) in [5, 5.41) is 1.14. The van der Waals surface area contributed by atoms with E-state index in [1.54, 1.807) is 35.2 Å². The Morgan fingerprint density at radius 3 is 2.23 bits per heavy atom. The SMILES string of the molecule is CCCCN(CC(=O)N(CCc1c[nH]c2ccccc12)Cc1ccc(C(C)(C)C)cc1)S(=O)(=O)c1ccccc1. The fourth-order valence-electron chi connectivity index (χ4n) is 4.83. The number of carbonyl (C=O) groups excluding carboxylic acids is 1. The molecule has 0 bridgehead atoms. The second kappa shape index (κ2) is 12.8. The molecule has 0 saturated heterocycles. The van der Waals surface area contributed by atoms with Gasteiger partial charge in [0.05, 0.1) is 11.4 Å². The number of H-pyrrole nitrogens is 1. The Hall–Kier alpha value is -3.42. The standard InChI is InChI=1S/C33H41N3O3S/c1-5-6-21-36(40(38,39)29-12-8-7-9-13-29)25-32(37)35(24-26-16-18-28(19-17-26)33(2,3)4)22-20-27-23-34-31-15-11-10-14-30(27)31/h7-19,23,34H,5-6,20-22,24-25H2,1-4H3. The number of hydrogen-bond donors (Lipinski definition) is 1. The Balaban J connectivity index is 1.59. The van der Waals surface area contributed by atoms with Crippen molar-refractivity contribution in [2.75, 3.05) is 19.6 Å². The number of fused-ring (bicyclic) bond motifs is 1. The number of rotatable bonds is 12. The van der Waals surface area contributed by atoms with Crippen molar-refractivity contribution in [3.8, 4) is 0 Å². The molecule has 0 aliphatic heterocycles. The molecule has 1 N–H and O–H groups in total. The Morgan fingerprint density at radius 1 is 0.875 bits per heavy atom. The Morgan fingerprint density at radius 2 is 1.55 bits per heavy atom. The summed E-state index contributed by atoms with van der Waals surface area (Å²) in [4.78, 5) is 19.2. The van der Waals surface area contributed by atoms with E-state index < -0.39 is 10.0 Å². The molecule has 212 valence electrons. The number of nitrogens with zero attached hydrogens (tertiary/aromatic N) is 2. The van der Waals surface area contributed by atoms with Crippen LogP contribution in [0.2, 0.25) is 0 Å². The largest absolute Gasteiger partial charge is 0.361 e. The topological polar surface area (TPSA) is 73.5 Å². The number of benzene rings is 3. The van der Waals surface area contributed by atoms with Gasteiger partial charge in [0.25, 0.3) is 0 Å². The number of nitrogens with one attached hydrogen (secondary N) is 1. The highest BCUT2D eigenvalue weighted by Crippen LogP contribution is 2.24. The summed E-state index contributed by atoms with van der Waals surface area (Å²) in [5.74, 6) is -0.199. The van der Waals surface area contributed by atoms with E-state index in [2.05, 4.69) is 56.1 Å². The van der Waals surface area contributed by atoms with Gasteiger partial charge in [0.15, 0.2) is 0 Å². The molecule has 3 aromatic carbocycles. The van der Waals surface area contributed by atoms with Gasteiger partial charge in [-0.25, -0.2) is 8.42 Å². The van der Waals surface area contributed by atoms with E-state index in [0.717, 1.165) is 28.5 Å². The third-order valence-electron chi connectivity index (χ3n) is 7.33. The van der Waals surface area contributed by atoms with Gasteiger partial charge in [-0.05, 0) is 53.1 Å². The van der Waals surface area contributed by atoms with Gasteiger partial charge in [0.2, 0.25) is 15.9 Å². The van der Waals surface area contributed by atoms with Crippen LogP contribution in [0.15, 0.2) is 90.0 Å². The van der Waals surface area contributed by atoms with Gasteiger partial charge in [-0.3, -0.25) is 4.79 Å². The molecule has 1 heterocycles. The van der Waals surface area contributed by atoms with Gasteiger partial charge in [-0.1, -0.05) is 94.8 Å². The molecule has 0 aliphatic rings. The van der Waals surface area contributed by atoms with E-state index in [0.29, 0.717) is 32.5 Å². The van der Waals surface area contributed by atoms with Crippen LogP contribution in [-0.2, 0) is 33.2 Å². The summed E-state index contributed by atoms with van der Waals surface area (Å²) in [5.41, 5.74) is 4.48. The quantitative estimate of drug-likeness (QED) is 0.215. The Bertz CT molecular complexity index is 1500. The van der Waals surface area contributed by atoms with Crippen molar-refractivity contribution >= 4 is 26.8 Å². The first-order chi connectivity index (χ1) is 19.1. The van der Waals surface area contributed by atoms with Crippen LogP contribution >= 0.6 is 0 Å². The van der Waals surface area contributed by atoms with Crippen LogP contribution in [0.4, 0.5) is 0 Å². The predicted molar refractivity (Wildman–Crippen MR) is 163 cm³/mol. The monoisotopic (exact) mass is 559 g/mol. The predicted octanol–water partition coefficient (Wildman–Crippen LogP) is 6.53. The highest BCUT2D eigenvalue weighted by atomic mass is 32.2. The van der Waals surface area contributed by atoms with Crippen LogP contribution in [0.3, 0.4) is 0 Å². The Kier molecular flexibility index (Phi) is 9.48. The minimum Gasteiger partial charge on any atom is -0.361 e. The van der Waals surface area contributed by atoms with Crippen molar-refractivity contribution in [1.29, 1.82) is 0 Å². The first-order valence-electron chi connectivity index (χ1n) is 14.1. The smallest absolute Gasteiger partial charge is 0.243 e. The molecule has 1 amide bonds. The maximum absolute atomic E-state index is 13.9. The normalized spacial score (nSPS) is 12.2. The number of para-hydroxylation sites is 1. The number of unbranched alkanes of at least 4 members (excludes halogenated alkanes) is 1. The van der Waals surface area contributed by atoms with Gasteiger partial charge in [0, 0.05) is 36.7 Å². The van der Waals surface area contributed by atoms with Crippen molar-refractivity contribution in [1.82, 2.24) is 14.2 Å². The molecule has 1 aromatic heterocycles. The zero-order chi connectivity index (χ0) is 28.8. The molecule has 4 aromatic rings. The summed E-state index contributed by atoms with van der Waals surface area (Å²) in [7, 11) is -3.80. The summed E-state index contributed by atoms with van der Waals surface area (Å²) >= 11 is 0. The molecule has 0 radical (unpaired) electrons. The second-order valence-electron chi connectivity index (χ2n) is 11.4. The number of aromatic nitrogens is 1. The Labute approximate surface area is 239 Å². The van der Waals surface area contributed by atoms with E-state index in [9.17, 15) is 13.2 Å². The molecule has 0 fully saturated rings. The van der Waals surface area contributed by atoms with Crippen molar-refractivity contribution < 1.29 is 13.2 Å². The fraction of sp³-hybridized carbons (Fsp3) is 0.364. The van der Waals surface area contributed by atoms with E-state index in [-0.39, 0.29) is 22.8 Å². The van der Waals surface area contributed by atoms with Gasteiger partial charge in [0.1, 0.15) is 0 Å². The fourth-order valence-corrected chi connectivity index (χ4v) is 6.28. The van der Waals surface area contributed by atoms with Gasteiger partial charge in [-0.2, -0.15) is 4.31 Å². The molecule has 40 heavy (non-hydrogen) atoms. The van der Waals surface area contributed by atoms with Gasteiger partial charge in [-0.15, -0.1) is 0 Å². The van der Waals surface area contributed by atoms with Crippen molar-refractivity contribution in [2.24, 2.45) is 0 Å². The molecular weight excluding hydrogens is 518 g/mol. The average molecular weight is 560 g/mol. The van der Waals surface area contributed by atoms with Crippen molar-refractivity contribution in [2.45, 2.75) is 63.8 Å². The highest BCUT2D eigenvalue weighted by Gasteiger charge is 2.28. The van der Waals surface area contributed by atoms with Crippen LogP contribution in [-0.4, -0.2) is 48.1 Å². The van der Waals surface area contributed by atoms with Crippen LogP contribution in [0.1, 0.15) is 57.2 Å². The lowest BCUT2D eigenvalue weighted by Gasteiger charge is -2.28. The molecule has 0 spiro atoms. The molecule has 0 saturated carbocycles. The summed E-state index contributed by atoms with van der Waals surface area (Å²) in [6.07, 6.45) is 4.18. The second-order valence-corrected chi connectivity index (χ2v) is 13.3. The molecule has 7 heteroatoms. The zero-order valence-electron chi connectivity index (χ0n) is 24.1. The lowest BCUT2D eigenvalue weighted by atomic mass is 9.87. The van der Waals surface area contributed by atoms with Crippen LogP contribution in [0.5, 0.6) is 0 Å². The highest BCUT2D eigenvalue weighted by molar-refractivity contribution is 7.89. The third kappa shape index (κ3) is 7.20. The van der Waals surface area contributed by atoms with Crippen LogP contribution < -0.4 is 0 Å². The number of amides is 1. The maximum Gasteiger partial charge on any atom is 0.243 e. The number of aromatic amines is 1.